The number of hydrogen-bond donors (Lipinski definition) is 1. The van der Waals surface area contributed by atoms with Crippen molar-refractivity contribution in [3.05, 3.63) is 66.4 Å². The highest BCUT2D eigenvalue weighted by atomic mass is 16.5. The molecule has 0 radical (unpaired) electrons. The van der Waals surface area contributed by atoms with E-state index in [2.05, 4.69) is 10.4 Å². The average Bonchev–Trinajstić information content (AvgIpc) is 3.41. The number of carbonyl (C=O) groups excluding carboxylic acids is 3. The quantitative estimate of drug-likeness (QED) is 0.436. The van der Waals surface area contributed by atoms with Gasteiger partial charge in [-0.05, 0) is 30.7 Å². The maximum atomic E-state index is 13.1. The smallest absolute Gasteiger partial charge is 0.255 e. The molecule has 4 rings (SSSR count). The summed E-state index contributed by atoms with van der Waals surface area (Å²) in [6.07, 6.45) is 2.72. The minimum Gasteiger partial charge on any atom is -0.496 e. The van der Waals surface area contributed by atoms with E-state index in [0.717, 1.165) is 5.69 Å². The second kappa shape index (κ2) is 9.47. The van der Waals surface area contributed by atoms with Crippen molar-refractivity contribution < 1.29 is 19.1 Å². The molecule has 0 atom stereocenters. The number of rotatable bonds is 8. The minimum absolute atomic E-state index is 0.149. The summed E-state index contributed by atoms with van der Waals surface area (Å²) in [5.41, 5.74) is 2.46. The van der Waals surface area contributed by atoms with Gasteiger partial charge in [-0.25, -0.2) is 4.68 Å². The summed E-state index contributed by atoms with van der Waals surface area (Å²) in [7, 11) is 1.58. The number of imide groups is 1. The molecule has 1 aromatic heterocycles. The van der Waals surface area contributed by atoms with Gasteiger partial charge in [0.15, 0.2) is 0 Å². The van der Waals surface area contributed by atoms with Gasteiger partial charge in [0, 0.05) is 37.7 Å². The summed E-state index contributed by atoms with van der Waals surface area (Å²) < 4.78 is 7.14. The molecule has 1 saturated heterocycles. The molecule has 8 nitrogen and oxygen atoms in total. The summed E-state index contributed by atoms with van der Waals surface area (Å²) in [5, 5.41) is 7.55. The second-order valence-electron chi connectivity index (χ2n) is 7.42. The van der Waals surface area contributed by atoms with E-state index in [1.807, 2.05) is 54.6 Å². The van der Waals surface area contributed by atoms with Crippen molar-refractivity contribution in [2.45, 2.75) is 19.3 Å². The molecule has 1 aliphatic heterocycles. The second-order valence-corrected chi connectivity index (χ2v) is 7.42. The molecule has 32 heavy (non-hydrogen) atoms. The van der Waals surface area contributed by atoms with E-state index in [1.165, 1.54) is 4.90 Å². The Hall–Kier alpha value is -3.94. The number of likely N-dealkylation sites (tertiary alicyclic amines) is 1. The predicted octanol–water partition coefficient (Wildman–Crippen LogP) is 2.82. The van der Waals surface area contributed by atoms with Gasteiger partial charge in [-0.3, -0.25) is 19.3 Å². The van der Waals surface area contributed by atoms with E-state index < -0.39 is 0 Å². The Balaban J connectivity index is 1.55. The highest BCUT2D eigenvalue weighted by Gasteiger charge is 2.28. The third kappa shape index (κ3) is 4.39. The molecule has 0 saturated carbocycles. The number of para-hydroxylation sites is 2. The fraction of sp³-hybridized carbons (Fsp3) is 0.250. The Labute approximate surface area is 185 Å². The molecular formula is C24H24N4O4. The number of nitrogens with one attached hydrogen (secondary N) is 1. The molecule has 0 aliphatic carbocycles. The summed E-state index contributed by atoms with van der Waals surface area (Å²) in [4.78, 5) is 37.8. The Morgan fingerprint density at radius 2 is 1.72 bits per heavy atom. The van der Waals surface area contributed by atoms with E-state index in [0.29, 0.717) is 42.1 Å². The topological polar surface area (TPSA) is 93.5 Å². The number of carbonyl (C=O) groups is 3. The molecule has 8 heteroatoms. The SMILES string of the molecule is COc1ccccc1-c1nn(-c2ccccc2)cc1C(=O)NCCCN1C(=O)CCC1=O. The van der Waals surface area contributed by atoms with Crippen molar-refractivity contribution in [3.63, 3.8) is 0 Å². The third-order valence-electron chi connectivity index (χ3n) is 5.34. The molecule has 0 bridgehead atoms. The zero-order chi connectivity index (χ0) is 22.5. The highest BCUT2D eigenvalue weighted by Crippen LogP contribution is 2.31. The number of nitrogens with zero attached hydrogens (tertiary/aromatic N) is 3. The number of aromatic nitrogens is 2. The lowest BCUT2D eigenvalue weighted by molar-refractivity contribution is -0.138. The number of amides is 3. The van der Waals surface area contributed by atoms with Gasteiger partial charge < -0.3 is 10.1 Å². The van der Waals surface area contributed by atoms with Gasteiger partial charge in [0.05, 0.1) is 18.4 Å². The molecule has 2 aromatic carbocycles. The molecule has 1 fully saturated rings. The van der Waals surface area contributed by atoms with Gasteiger partial charge in [0.25, 0.3) is 5.91 Å². The van der Waals surface area contributed by atoms with Crippen LogP contribution in [0.1, 0.15) is 29.6 Å². The molecule has 0 unspecified atom stereocenters. The average molecular weight is 432 g/mol. The van der Waals surface area contributed by atoms with Crippen LogP contribution in [-0.2, 0) is 9.59 Å². The van der Waals surface area contributed by atoms with Crippen molar-refractivity contribution in [1.82, 2.24) is 20.0 Å². The van der Waals surface area contributed by atoms with E-state index in [9.17, 15) is 14.4 Å². The van der Waals surface area contributed by atoms with Gasteiger partial charge in [-0.1, -0.05) is 30.3 Å². The first-order valence-electron chi connectivity index (χ1n) is 10.5. The fourth-order valence-corrected chi connectivity index (χ4v) is 3.70. The van der Waals surface area contributed by atoms with Crippen molar-refractivity contribution in [2.75, 3.05) is 20.2 Å². The third-order valence-corrected chi connectivity index (χ3v) is 5.34. The van der Waals surface area contributed by atoms with Gasteiger partial charge in [-0.15, -0.1) is 0 Å². The van der Waals surface area contributed by atoms with Crippen molar-refractivity contribution in [2.24, 2.45) is 0 Å². The first kappa shape index (κ1) is 21.3. The standard InChI is InChI=1S/C24H24N4O4/c1-32-20-11-6-5-10-18(20)23-19(16-28(26-23)17-8-3-2-4-9-17)24(31)25-14-7-15-27-21(29)12-13-22(27)30/h2-6,8-11,16H,7,12-15H2,1H3,(H,25,31). The number of methoxy groups -OCH3 is 1. The van der Waals surface area contributed by atoms with Crippen LogP contribution in [0.25, 0.3) is 16.9 Å². The first-order valence-corrected chi connectivity index (χ1v) is 10.5. The van der Waals surface area contributed by atoms with Gasteiger partial charge in [-0.2, -0.15) is 5.10 Å². The first-order chi connectivity index (χ1) is 15.6. The van der Waals surface area contributed by atoms with Gasteiger partial charge in [0.2, 0.25) is 11.8 Å². The van der Waals surface area contributed by atoms with E-state index in [1.54, 1.807) is 18.0 Å². The van der Waals surface area contributed by atoms with Crippen LogP contribution in [-0.4, -0.2) is 52.6 Å². The fourth-order valence-electron chi connectivity index (χ4n) is 3.70. The van der Waals surface area contributed by atoms with Crippen LogP contribution >= 0.6 is 0 Å². The lowest BCUT2D eigenvalue weighted by Gasteiger charge is -2.13. The van der Waals surface area contributed by atoms with Crippen LogP contribution in [0.4, 0.5) is 0 Å². The summed E-state index contributed by atoms with van der Waals surface area (Å²) in [6.45, 7) is 0.637. The minimum atomic E-state index is -0.285. The van der Waals surface area contributed by atoms with Crippen molar-refractivity contribution >= 4 is 17.7 Å². The van der Waals surface area contributed by atoms with E-state index >= 15 is 0 Å². The van der Waals surface area contributed by atoms with Crippen LogP contribution < -0.4 is 10.1 Å². The van der Waals surface area contributed by atoms with Crippen LogP contribution in [0.5, 0.6) is 5.75 Å². The zero-order valence-electron chi connectivity index (χ0n) is 17.8. The molecule has 0 spiro atoms. The Morgan fingerprint density at radius 1 is 1.03 bits per heavy atom. The number of ether oxygens (including phenoxy) is 1. The molecule has 1 aliphatic rings. The molecule has 3 amide bonds. The largest absolute Gasteiger partial charge is 0.496 e. The highest BCUT2D eigenvalue weighted by molar-refractivity contribution is 6.02. The van der Waals surface area contributed by atoms with Crippen LogP contribution in [0.3, 0.4) is 0 Å². The lowest BCUT2D eigenvalue weighted by atomic mass is 10.1. The Morgan fingerprint density at radius 3 is 2.44 bits per heavy atom. The van der Waals surface area contributed by atoms with Crippen LogP contribution in [0.15, 0.2) is 60.8 Å². The monoisotopic (exact) mass is 432 g/mol. The molecule has 1 N–H and O–H groups in total. The molecule has 2 heterocycles. The molecular weight excluding hydrogens is 408 g/mol. The van der Waals surface area contributed by atoms with Gasteiger partial charge >= 0.3 is 0 Å². The van der Waals surface area contributed by atoms with E-state index in [-0.39, 0.29) is 30.6 Å². The Bertz CT molecular complexity index is 1120. The van der Waals surface area contributed by atoms with Crippen LogP contribution in [0.2, 0.25) is 0 Å². The number of hydrogen-bond acceptors (Lipinski definition) is 5. The molecule has 164 valence electrons. The normalized spacial score (nSPS) is 13.5. The maximum absolute atomic E-state index is 13.1. The van der Waals surface area contributed by atoms with E-state index in [4.69, 9.17) is 4.74 Å². The van der Waals surface area contributed by atoms with Crippen LogP contribution in [0, 0.1) is 0 Å². The maximum Gasteiger partial charge on any atom is 0.255 e. The summed E-state index contributed by atoms with van der Waals surface area (Å²) in [6, 6.07) is 16.9. The van der Waals surface area contributed by atoms with Crippen molar-refractivity contribution in [1.29, 1.82) is 0 Å². The Kier molecular flexibility index (Phi) is 6.30. The zero-order valence-corrected chi connectivity index (χ0v) is 17.8. The van der Waals surface area contributed by atoms with Gasteiger partial charge in [0.1, 0.15) is 11.4 Å². The summed E-state index contributed by atoms with van der Waals surface area (Å²) >= 11 is 0. The summed E-state index contributed by atoms with van der Waals surface area (Å²) in [5.74, 6) is 0.0333. The predicted molar refractivity (Wildman–Crippen MR) is 118 cm³/mol. The number of benzene rings is 2. The van der Waals surface area contributed by atoms with Crippen molar-refractivity contribution in [3.8, 4) is 22.7 Å². The molecule has 3 aromatic rings. The lowest BCUT2D eigenvalue weighted by Crippen LogP contribution is -2.33.